The largest absolute Gasteiger partial charge is 0.371 e. The van der Waals surface area contributed by atoms with Crippen LogP contribution in [0.2, 0.25) is 0 Å². The zero-order chi connectivity index (χ0) is 15.5. The van der Waals surface area contributed by atoms with Gasteiger partial charge in [0, 0.05) is 30.4 Å². The van der Waals surface area contributed by atoms with E-state index in [0.717, 1.165) is 30.3 Å². The van der Waals surface area contributed by atoms with Gasteiger partial charge in [-0.25, -0.2) is 5.10 Å². The molecule has 2 aromatic rings. The van der Waals surface area contributed by atoms with Gasteiger partial charge >= 0.3 is 0 Å². The van der Waals surface area contributed by atoms with E-state index in [0.29, 0.717) is 0 Å². The van der Waals surface area contributed by atoms with Crippen molar-refractivity contribution in [1.29, 1.82) is 0 Å². The summed E-state index contributed by atoms with van der Waals surface area (Å²) in [6.07, 6.45) is 3.89. The van der Waals surface area contributed by atoms with E-state index < -0.39 is 0 Å². The Labute approximate surface area is 131 Å². The van der Waals surface area contributed by atoms with E-state index in [2.05, 4.69) is 47.1 Å². The summed E-state index contributed by atoms with van der Waals surface area (Å²) in [5, 5.41) is 6.60. The lowest BCUT2D eigenvalue weighted by atomic mass is 9.94. The second-order valence-corrected chi connectivity index (χ2v) is 6.17. The molecule has 4 nitrogen and oxygen atoms in total. The number of aromatic nitrogens is 2. The fourth-order valence-electron chi connectivity index (χ4n) is 3.29. The van der Waals surface area contributed by atoms with Crippen molar-refractivity contribution >= 4 is 5.69 Å². The highest BCUT2D eigenvalue weighted by atomic mass is 16.1. The third kappa shape index (κ3) is 3.06. The van der Waals surface area contributed by atoms with Gasteiger partial charge in [0.2, 0.25) is 0 Å². The maximum absolute atomic E-state index is 11.1. The Bertz CT molecular complexity index is 687. The summed E-state index contributed by atoms with van der Waals surface area (Å²) in [6.45, 7) is 6.74. The summed E-state index contributed by atoms with van der Waals surface area (Å²) in [6, 6.07) is 9.73. The van der Waals surface area contributed by atoms with Gasteiger partial charge in [0.25, 0.3) is 5.56 Å². The van der Waals surface area contributed by atoms with Crippen LogP contribution in [0.4, 0.5) is 5.69 Å². The smallest absolute Gasteiger partial charge is 0.264 e. The molecule has 1 fully saturated rings. The van der Waals surface area contributed by atoms with Gasteiger partial charge in [0.15, 0.2) is 0 Å². The fraction of sp³-hybridized carbons (Fsp3) is 0.444. The number of aromatic amines is 1. The van der Waals surface area contributed by atoms with Gasteiger partial charge in [-0.3, -0.25) is 4.79 Å². The van der Waals surface area contributed by atoms with E-state index in [1.54, 1.807) is 6.07 Å². The molecule has 1 saturated heterocycles. The number of benzene rings is 1. The van der Waals surface area contributed by atoms with Crippen molar-refractivity contribution in [1.82, 2.24) is 10.2 Å². The average Bonchev–Trinajstić information content (AvgIpc) is 2.55. The number of nitrogens with one attached hydrogen (secondary N) is 1. The van der Waals surface area contributed by atoms with Crippen molar-refractivity contribution in [3.8, 4) is 11.3 Å². The SMILES string of the molecule is CCC1CCCN(c2ccc(-c3ccc(=O)[nH]n3)cc2C)C1. The van der Waals surface area contributed by atoms with Gasteiger partial charge < -0.3 is 4.90 Å². The lowest BCUT2D eigenvalue weighted by molar-refractivity contribution is 0.404. The van der Waals surface area contributed by atoms with Gasteiger partial charge in [-0.05, 0) is 49.4 Å². The minimum Gasteiger partial charge on any atom is -0.371 e. The fourth-order valence-corrected chi connectivity index (χ4v) is 3.29. The van der Waals surface area contributed by atoms with Crippen LogP contribution in [0.15, 0.2) is 35.1 Å². The van der Waals surface area contributed by atoms with Gasteiger partial charge in [-0.1, -0.05) is 19.4 Å². The normalized spacial score (nSPS) is 18.5. The second kappa shape index (κ2) is 6.34. The molecule has 1 N–H and O–H groups in total. The summed E-state index contributed by atoms with van der Waals surface area (Å²) >= 11 is 0. The van der Waals surface area contributed by atoms with Crippen LogP contribution in [0.1, 0.15) is 31.7 Å². The van der Waals surface area contributed by atoms with Crippen LogP contribution in [0.25, 0.3) is 11.3 Å². The minimum absolute atomic E-state index is 0.170. The predicted octanol–water partition coefficient (Wildman–Crippen LogP) is 3.37. The Morgan fingerprint density at radius 1 is 1.32 bits per heavy atom. The molecular formula is C18H23N3O. The van der Waals surface area contributed by atoms with Crippen LogP contribution in [-0.4, -0.2) is 23.3 Å². The monoisotopic (exact) mass is 297 g/mol. The summed E-state index contributed by atoms with van der Waals surface area (Å²) in [4.78, 5) is 13.6. The standard InChI is InChI=1S/C18H23N3O/c1-3-14-5-4-10-21(12-14)17-8-6-15(11-13(17)2)16-7-9-18(22)20-19-16/h6-9,11,14H,3-5,10,12H2,1-2H3,(H,20,22). The lowest BCUT2D eigenvalue weighted by Gasteiger charge is -2.35. The third-order valence-electron chi connectivity index (χ3n) is 4.61. The van der Waals surface area contributed by atoms with Crippen LogP contribution in [0.5, 0.6) is 0 Å². The van der Waals surface area contributed by atoms with Gasteiger partial charge in [0.05, 0.1) is 5.69 Å². The molecule has 1 aromatic carbocycles. The quantitative estimate of drug-likeness (QED) is 0.945. The van der Waals surface area contributed by atoms with Crippen molar-refractivity contribution < 1.29 is 0 Å². The third-order valence-corrected chi connectivity index (χ3v) is 4.61. The maximum atomic E-state index is 11.1. The van der Waals surface area contributed by atoms with Crippen LogP contribution >= 0.6 is 0 Å². The number of aryl methyl sites for hydroxylation is 1. The first kappa shape index (κ1) is 14.8. The molecular weight excluding hydrogens is 274 g/mol. The molecule has 0 bridgehead atoms. The topological polar surface area (TPSA) is 49.0 Å². The molecule has 3 rings (SSSR count). The number of H-pyrrole nitrogens is 1. The van der Waals surface area contributed by atoms with Crippen molar-refractivity contribution in [2.75, 3.05) is 18.0 Å². The molecule has 22 heavy (non-hydrogen) atoms. The maximum Gasteiger partial charge on any atom is 0.264 e. The Balaban J connectivity index is 1.86. The van der Waals surface area contributed by atoms with Gasteiger partial charge in [0.1, 0.15) is 0 Å². The molecule has 1 aliphatic heterocycles. The molecule has 1 aromatic heterocycles. The number of hydrogen-bond donors (Lipinski definition) is 1. The number of hydrogen-bond acceptors (Lipinski definition) is 3. The van der Waals surface area contributed by atoms with Crippen molar-refractivity contribution in [2.45, 2.75) is 33.1 Å². The van der Waals surface area contributed by atoms with Crippen molar-refractivity contribution in [2.24, 2.45) is 5.92 Å². The predicted molar refractivity (Wildman–Crippen MR) is 90.3 cm³/mol. The highest BCUT2D eigenvalue weighted by molar-refractivity contribution is 5.66. The molecule has 4 heteroatoms. The Morgan fingerprint density at radius 2 is 2.18 bits per heavy atom. The molecule has 1 atom stereocenters. The highest BCUT2D eigenvalue weighted by Crippen LogP contribution is 2.30. The van der Waals surface area contributed by atoms with E-state index in [4.69, 9.17) is 0 Å². The number of anilines is 1. The molecule has 0 amide bonds. The zero-order valence-electron chi connectivity index (χ0n) is 13.3. The number of piperidine rings is 1. The summed E-state index contributed by atoms with van der Waals surface area (Å²) < 4.78 is 0. The molecule has 116 valence electrons. The summed E-state index contributed by atoms with van der Waals surface area (Å²) in [7, 11) is 0. The summed E-state index contributed by atoms with van der Waals surface area (Å²) in [5.74, 6) is 0.814. The summed E-state index contributed by atoms with van der Waals surface area (Å²) in [5.41, 5.74) is 4.27. The van der Waals surface area contributed by atoms with Crippen LogP contribution < -0.4 is 10.5 Å². The van der Waals surface area contributed by atoms with E-state index in [9.17, 15) is 4.79 Å². The van der Waals surface area contributed by atoms with Crippen LogP contribution in [0.3, 0.4) is 0 Å². The molecule has 2 heterocycles. The molecule has 0 spiro atoms. The van der Waals surface area contributed by atoms with E-state index >= 15 is 0 Å². The first-order valence-electron chi connectivity index (χ1n) is 8.09. The first-order chi connectivity index (χ1) is 10.7. The minimum atomic E-state index is -0.170. The molecule has 1 unspecified atom stereocenters. The molecule has 0 radical (unpaired) electrons. The Hall–Kier alpha value is -2.10. The van der Waals surface area contributed by atoms with Gasteiger partial charge in [-0.2, -0.15) is 5.10 Å². The van der Waals surface area contributed by atoms with E-state index in [-0.39, 0.29) is 5.56 Å². The Kier molecular flexibility index (Phi) is 4.27. The lowest BCUT2D eigenvalue weighted by Crippen LogP contribution is -2.35. The average molecular weight is 297 g/mol. The molecule has 0 aliphatic carbocycles. The van der Waals surface area contributed by atoms with Crippen molar-refractivity contribution in [3.63, 3.8) is 0 Å². The first-order valence-corrected chi connectivity index (χ1v) is 8.09. The Morgan fingerprint density at radius 3 is 2.86 bits per heavy atom. The molecule has 0 saturated carbocycles. The zero-order valence-corrected chi connectivity index (χ0v) is 13.3. The van der Waals surface area contributed by atoms with Crippen molar-refractivity contribution in [3.05, 3.63) is 46.2 Å². The molecule has 1 aliphatic rings. The number of nitrogens with zero attached hydrogens (tertiary/aromatic N) is 2. The number of rotatable bonds is 3. The van der Waals surface area contributed by atoms with E-state index in [1.807, 2.05) is 0 Å². The second-order valence-electron chi connectivity index (χ2n) is 6.17. The van der Waals surface area contributed by atoms with E-state index in [1.165, 1.54) is 36.6 Å². The van der Waals surface area contributed by atoms with Crippen LogP contribution in [0, 0.1) is 12.8 Å². The van der Waals surface area contributed by atoms with Crippen LogP contribution in [-0.2, 0) is 0 Å². The van der Waals surface area contributed by atoms with Gasteiger partial charge in [-0.15, -0.1) is 0 Å². The highest BCUT2D eigenvalue weighted by Gasteiger charge is 2.20.